The van der Waals surface area contributed by atoms with Crippen LogP contribution in [0.5, 0.6) is 5.75 Å². The van der Waals surface area contributed by atoms with Crippen LogP contribution in [0.2, 0.25) is 0 Å². The number of hydrogen-bond acceptors (Lipinski definition) is 2. The van der Waals surface area contributed by atoms with Crippen LogP contribution >= 0.6 is 0 Å². The maximum Gasteiger partial charge on any atom is 0.407 e. The summed E-state index contributed by atoms with van der Waals surface area (Å²) in [5.41, 5.74) is 3.07. The maximum absolute atomic E-state index is 10.8. The number of carboxylic acid groups (broad SMARTS) is 1. The molecule has 0 fully saturated rings. The summed E-state index contributed by atoms with van der Waals surface area (Å²) in [4.78, 5) is 12.0. The maximum atomic E-state index is 10.8. The van der Waals surface area contributed by atoms with Gasteiger partial charge in [-0.15, -0.1) is 0 Å². The van der Waals surface area contributed by atoms with Crippen LogP contribution in [0.4, 0.5) is 4.79 Å². The number of amides is 1. The molecule has 4 heteroatoms. The van der Waals surface area contributed by atoms with E-state index in [0.29, 0.717) is 6.54 Å². The second-order valence-electron chi connectivity index (χ2n) is 3.90. The van der Waals surface area contributed by atoms with Crippen LogP contribution in [0.15, 0.2) is 12.1 Å². The van der Waals surface area contributed by atoms with Gasteiger partial charge in [-0.3, -0.25) is 0 Å². The predicted octanol–water partition coefficient (Wildman–Crippen LogP) is 2.42. The second kappa shape index (κ2) is 4.88. The smallest absolute Gasteiger partial charge is 0.407 e. The van der Waals surface area contributed by atoms with E-state index in [0.717, 1.165) is 22.4 Å². The number of rotatable bonds is 3. The fraction of sp³-hybridized carbons (Fsp3) is 0.417. The van der Waals surface area contributed by atoms with Crippen molar-refractivity contribution in [3.8, 4) is 5.75 Å². The van der Waals surface area contributed by atoms with Gasteiger partial charge in [0.15, 0.2) is 0 Å². The third-order valence-corrected chi connectivity index (χ3v) is 2.52. The molecule has 0 aromatic heterocycles. The molecule has 1 amide bonds. The molecule has 4 nitrogen and oxygen atoms in total. The lowest BCUT2D eigenvalue weighted by Gasteiger charge is -2.18. The molecule has 0 aliphatic carbocycles. The Labute approximate surface area is 95.5 Å². The van der Waals surface area contributed by atoms with Crippen molar-refractivity contribution in [3.63, 3.8) is 0 Å². The lowest BCUT2D eigenvalue weighted by Crippen LogP contribution is -2.24. The van der Waals surface area contributed by atoms with Crippen molar-refractivity contribution < 1.29 is 14.6 Å². The number of carbonyl (C=O) groups is 1. The summed E-state index contributed by atoms with van der Waals surface area (Å²) in [6, 6.07) is 3.94. The Morgan fingerprint density at radius 1 is 1.44 bits per heavy atom. The van der Waals surface area contributed by atoms with Crippen LogP contribution in [0.3, 0.4) is 0 Å². The van der Waals surface area contributed by atoms with E-state index in [2.05, 4.69) is 0 Å². The number of ether oxygens (including phenoxy) is 1. The topological polar surface area (TPSA) is 49.8 Å². The standard InChI is InChI=1S/C12H17NO3/c1-8-5-9(2)10(11(6-8)16-4)7-13(3)12(14)15/h5-6H,7H2,1-4H3,(H,14,15). The zero-order valence-electron chi connectivity index (χ0n) is 10.1. The fourth-order valence-electron chi connectivity index (χ4n) is 1.65. The van der Waals surface area contributed by atoms with E-state index in [9.17, 15) is 4.79 Å². The van der Waals surface area contributed by atoms with Crippen LogP contribution in [0.25, 0.3) is 0 Å². The minimum absolute atomic E-state index is 0.338. The number of nitrogens with zero attached hydrogens (tertiary/aromatic N) is 1. The van der Waals surface area contributed by atoms with E-state index in [1.165, 1.54) is 4.90 Å². The van der Waals surface area contributed by atoms with Crippen molar-refractivity contribution in [2.75, 3.05) is 14.2 Å². The summed E-state index contributed by atoms with van der Waals surface area (Å²) in [6.45, 7) is 4.28. The molecule has 1 aromatic rings. The van der Waals surface area contributed by atoms with E-state index in [1.54, 1.807) is 14.2 Å². The third kappa shape index (κ3) is 2.66. The Balaban J connectivity index is 3.07. The van der Waals surface area contributed by atoms with Gasteiger partial charge in [-0.1, -0.05) is 6.07 Å². The zero-order chi connectivity index (χ0) is 12.3. The first-order valence-electron chi connectivity index (χ1n) is 5.04. The van der Waals surface area contributed by atoms with Gasteiger partial charge < -0.3 is 14.7 Å². The van der Waals surface area contributed by atoms with Crippen molar-refractivity contribution in [2.45, 2.75) is 20.4 Å². The Bertz CT molecular complexity index is 401. The van der Waals surface area contributed by atoms with Crippen molar-refractivity contribution in [1.29, 1.82) is 0 Å². The van der Waals surface area contributed by atoms with Gasteiger partial charge in [0.2, 0.25) is 0 Å². The second-order valence-corrected chi connectivity index (χ2v) is 3.90. The van der Waals surface area contributed by atoms with E-state index in [-0.39, 0.29) is 0 Å². The Morgan fingerprint density at radius 3 is 2.56 bits per heavy atom. The van der Waals surface area contributed by atoms with Gasteiger partial charge in [-0.25, -0.2) is 4.79 Å². The highest BCUT2D eigenvalue weighted by Crippen LogP contribution is 2.25. The van der Waals surface area contributed by atoms with Crippen LogP contribution in [0, 0.1) is 13.8 Å². The largest absolute Gasteiger partial charge is 0.496 e. The van der Waals surface area contributed by atoms with Gasteiger partial charge in [0.05, 0.1) is 13.7 Å². The van der Waals surface area contributed by atoms with Gasteiger partial charge >= 0.3 is 6.09 Å². The highest BCUT2D eigenvalue weighted by Gasteiger charge is 2.13. The molecule has 0 saturated carbocycles. The highest BCUT2D eigenvalue weighted by atomic mass is 16.5. The lowest BCUT2D eigenvalue weighted by molar-refractivity contribution is 0.153. The quantitative estimate of drug-likeness (QED) is 0.856. The average Bonchev–Trinajstić information content (AvgIpc) is 2.21. The number of aryl methyl sites for hydroxylation is 2. The minimum Gasteiger partial charge on any atom is -0.496 e. The van der Waals surface area contributed by atoms with Gasteiger partial charge in [0, 0.05) is 12.6 Å². The minimum atomic E-state index is -0.943. The van der Waals surface area contributed by atoms with E-state index in [1.807, 2.05) is 26.0 Å². The predicted molar refractivity (Wildman–Crippen MR) is 62.0 cm³/mol. The average molecular weight is 223 g/mol. The van der Waals surface area contributed by atoms with Gasteiger partial charge in [-0.05, 0) is 31.0 Å². The first-order valence-corrected chi connectivity index (χ1v) is 5.04. The molecule has 0 aliphatic heterocycles. The summed E-state index contributed by atoms with van der Waals surface area (Å²) in [5.74, 6) is 0.741. The molecule has 0 radical (unpaired) electrons. The monoisotopic (exact) mass is 223 g/mol. The van der Waals surface area contributed by atoms with Crippen LogP contribution in [-0.4, -0.2) is 30.3 Å². The summed E-state index contributed by atoms with van der Waals surface area (Å²) in [7, 11) is 3.14. The van der Waals surface area contributed by atoms with E-state index in [4.69, 9.17) is 9.84 Å². The molecule has 0 aliphatic rings. The molecule has 0 heterocycles. The Morgan fingerprint density at radius 2 is 2.06 bits per heavy atom. The van der Waals surface area contributed by atoms with Gasteiger partial charge in [-0.2, -0.15) is 0 Å². The number of methoxy groups -OCH3 is 1. The summed E-state index contributed by atoms with van der Waals surface area (Å²) >= 11 is 0. The molecular formula is C12H17NO3. The van der Waals surface area contributed by atoms with Crippen molar-refractivity contribution >= 4 is 6.09 Å². The molecule has 0 atom stereocenters. The molecule has 0 bridgehead atoms. The summed E-state index contributed by atoms with van der Waals surface area (Å²) in [5, 5.41) is 8.84. The molecular weight excluding hydrogens is 206 g/mol. The zero-order valence-corrected chi connectivity index (χ0v) is 10.1. The summed E-state index contributed by atoms with van der Waals surface area (Å²) in [6.07, 6.45) is -0.943. The third-order valence-electron chi connectivity index (χ3n) is 2.52. The van der Waals surface area contributed by atoms with E-state index < -0.39 is 6.09 Å². The van der Waals surface area contributed by atoms with Crippen LogP contribution < -0.4 is 4.74 Å². The van der Waals surface area contributed by atoms with Crippen molar-refractivity contribution in [3.05, 3.63) is 28.8 Å². The first-order chi connectivity index (χ1) is 7.45. The van der Waals surface area contributed by atoms with E-state index >= 15 is 0 Å². The summed E-state index contributed by atoms with van der Waals surface area (Å²) < 4.78 is 5.27. The molecule has 88 valence electrons. The Kier molecular flexibility index (Phi) is 3.77. The lowest BCUT2D eigenvalue weighted by atomic mass is 10.0. The Hall–Kier alpha value is -1.71. The fourth-order valence-corrected chi connectivity index (χ4v) is 1.65. The number of benzene rings is 1. The SMILES string of the molecule is COc1cc(C)cc(C)c1CN(C)C(=O)O. The molecule has 0 spiro atoms. The van der Waals surface area contributed by atoms with Crippen molar-refractivity contribution in [2.24, 2.45) is 0 Å². The molecule has 0 saturated heterocycles. The van der Waals surface area contributed by atoms with Crippen LogP contribution in [-0.2, 0) is 6.54 Å². The van der Waals surface area contributed by atoms with Gasteiger partial charge in [0.25, 0.3) is 0 Å². The molecule has 1 aromatic carbocycles. The van der Waals surface area contributed by atoms with Crippen LogP contribution in [0.1, 0.15) is 16.7 Å². The molecule has 0 unspecified atom stereocenters. The van der Waals surface area contributed by atoms with Crippen molar-refractivity contribution in [1.82, 2.24) is 4.90 Å². The normalized spacial score (nSPS) is 10.0. The number of hydrogen-bond donors (Lipinski definition) is 1. The molecule has 16 heavy (non-hydrogen) atoms. The highest BCUT2D eigenvalue weighted by molar-refractivity contribution is 5.65. The van der Waals surface area contributed by atoms with Gasteiger partial charge in [0.1, 0.15) is 5.75 Å². The first kappa shape index (κ1) is 12.4. The molecule has 1 rings (SSSR count). The molecule has 1 N–H and O–H groups in total.